The molecule has 0 spiro atoms. The summed E-state index contributed by atoms with van der Waals surface area (Å²) in [6.45, 7) is 0. The molecule has 2 N–H and O–H groups in total. The fraction of sp³-hybridized carbons (Fsp3) is 0.250. The summed E-state index contributed by atoms with van der Waals surface area (Å²) in [7, 11) is 0. The number of rotatable bonds is 1. The number of aromatic nitrogens is 1. The standard InChI is InChI=1S/C12H12N2OS/c13-12-14-10(7-15-12)8-3-4-11-9(6-8)2-1-5-16-11/h3-4,6-7H,1-2,5H2,(H2,13,14). The van der Waals surface area contributed by atoms with Crippen molar-refractivity contribution in [3.05, 3.63) is 30.0 Å². The minimum absolute atomic E-state index is 0.224. The van der Waals surface area contributed by atoms with Gasteiger partial charge in [-0.05, 0) is 36.3 Å². The lowest BCUT2D eigenvalue weighted by Crippen LogP contribution is -1.98. The van der Waals surface area contributed by atoms with Crippen molar-refractivity contribution in [1.29, 1.82) is 0 Å². The first kappa shape index (κ1) is 9.78. The molecule has 3 nitrogen and oxygen atoms in total. The highest BCUT2D eigenvalue weighted by molar-refractivity contribution is 7.99. The summed E-state index contributed by atoms with van der Waals surface area (Å²) in [6, 6.07) is 6.66. The Bertz CT molecular complexity index is 521. The largest absolute Gasteiger partial charge is 0.432 e. The quantitative estimate of drug-likeness (QED) is 0.821. The van der Waals surface area contributed by atoms with Crippen LogP contribution in [0.15, 0.2) is 33.8 Å². The minimum atomic E-state index is 0.224. The Labute approximate surface area is 98.1 Å². The van der Waals surface area contributed by atoms with E-state index in [0.717, 1.165) is 17.7 Å². The number of thioether (sulfide) groups is 1. The van der Waals surface area contributed by atoms with E-state index in [1.165, 1.54) is 22.6 Å². The fourth-order valence-electron chi connectivity index (χ4n) is 1.94. The molecule has 0 radical (unpaired) electrons. The van der Waals surface area contributed by atoms with Crippen LogP contribution in [0.1, 0.15) is 12.0 Å². The van der Waals surface area contributed by atoms with Gasteiger partial charge in [0, 0.05) is 10.5 Å². The normalized spacial score (nSPS) is 14.8. The van der Waals surface area contributed by atoms with E-state index in [9.17, 15) is 0 Å². The van der Waals surface area contributed by atoms with Crippen molar-refractivity contribution in [3.8, 4) is 11.3 Å². The molecule has 16 heavy (non-hydrogen) atoms. The number of nitrogen functional groups attached to an aromatic ring is 1. The third-order valence-electron chi connectivity index (χ3n) is 2.73. The molecule has 1 aromatic heterocycles. The second kappa shape index (κ2) is 3.87. The first-order chi connectivity index (χ1) is 7.83. The average Bonchev–Trinajstić information content (AvgIpc) is 2.75. The van der Waals surface area contributed by atoms with Gasteiger partial charge in [-0.2, -0.15) is 4.98 Å². The van der Waals surface area contributed by atoms with Crippen LogP contribution in [0.2, 0.25) is 0 Å². The third-order valence-corrected chi connectivity index (χ3v) is 3.93. The van der Waals surface area contributed by atoms with E-state index in [1.807, 2.05) is 11.8 Å². The highest BCUT2D eigenvalue weighted by Gasteiger charge is 2.12. The van der Waals surface area contributed by atoms with Crippen molar-refractivity contribution in [2.24, 2.45) is 0 Å². The number of nitrogens with zero attached hydrogens (tertiary/aromatic N) is 1. The van der Waals surface area contributed by atoms with Crippen LogP contribution >= 0.6 is 11.8 Å². The van der Waals surface area contributed by atoms with Crippen LogP contribution < -0.4 is 5.73 Å². The van der Waals surface area contributed by atoms with E-state index in [2.05, 4.69) is 23.2 Å². The number of nitrogens with two attached hydrogens (primary N) is 1. The van der Waals surface area contributed by atoms with Crippen molar-refractivity contribution in [3.63, 3.8) is 0 Å². The van der Waals surface area contributed by atoms with Crippen molar-refractivity contribution in [1.82, 2.24) is 4.98 Å². The van der Waals surface area contributed by atoms with Gasteiger partial charge in [0.05, 0.1) is 0 Å². The number of oxazole rings is 1. The molecular formula is C12H12N2OS. The Balaban J connectivity index is 2.02. The number of anilines is 1. The van der Waals surface area contributed by atoms with Crippen LogP contribution in [0.4, 0.5) is 6.01 Å². The second-order valence-corrected chi connectivity index (χ2v) is 4.98. The number of benzene rings is 1. The highest BCUT2D eigenvalue weighted by atomic mass is 32.2. The Morgan fingerprint density at radius 1 is 1.38 bits per heavy atom. The monoisotopic (exact) mass is 232 g/mol. The molecular weight excluding hydrogens is 220 g/mol. The molecule has 1 aromatic carbocycles. The summed E-state index contributed by atoms with van der Waals surface area (Å²) in [5.41, 5.74) is 8.78. The molecule has 4 heteroatoms. The van der Waals surface area contributed by atoms with Gasteiger partial charge in [-0.1, -0.05) is 6.07 Å². The van der Waals surface area contributed by atoms with Crippen molar-refractivity contribution < 1.29 is 4.42 Å². The van der Waals surface area contributed by atoms with Gasteiger partial charge in [0.25, 0.3) is 6.01 Å². The number of hydrogen-bond acceptors (Lipinski definition) is 4. The Kier molecular flexibility index (Phi) is 2.36. The smallest absolute Gasteiger partial charge is 0.292 e. The molecule has 0 unspecified atom stereocenters. The van der Waals surface area contributed by atoms with Crippen LogP contribution in [0.3, 0.4) is 0 Å². The molecule has 0 fully saturated rings. The molecule has 1 aliphatic rings. The third kappa shape index (κ3) is 1.69. The van der Waals surface area contributed by atoms with Gasteiger partial charge in [-0.3, -0.25) is 0 Å². The van der Waals surface area contributed by atoms with Gasteiger partial charge < -0.3 is 10.2 Å². The summed E-state index contributed by atoms with van der Waals surface area (Å²) in [5, 5.41) is 0. The fourth-order valence-corrected chi connectivity index (χ4v) is 2.96. The zero-order valence-electron chi connectivity index (χ0n) is 8.77. The van der Waals surface area contributed by atoms with Gasteiger partial charge in [-0.25, -0.2) is 0 Å². The van der Waals surface area contributed by atoms with Crippen molar-refractivity contribution in [2.75, 3.05) is 11.5 Å². The van der Waals surface area contributed by atoms with Crippen LogP contribution in [-0.4, -0.2) is 10.7 Å². The second-order valence-electron chi connectivity index (χ2n) is 3.85. The predicted molar refractivity (Wildman–Crippen MR) is 65.4 cm³/mol. The maximum Gasteiger partial charge on any atom is 0.292 e. The summed E-state index contributed by atoms with van der Waals surface area (Å²) >= 11 is 1.93. The molecule has 0 aliphatic carbocycles. The van der Waals surface area contributed by atoms with Crippen molar-refractivity contribution in [2.45, 2.75) is 17.7 Å². The van der Waals surface area contributed by atoms with Gasteiger partial charge >= 0.3 is 0 Å². The van der Waals surface area contributed by atoms with Crippen LogP contribution in [0.25, 0.3) is 11.3 Å². The van der Waals surface area contributed by atoms with Crippen LogP contribution in [0, 0.1) is 0 Å². The first-order valence-electron chi connectivity index (χ1n) is 5.30. The summed E-state index contributed by atoms with van der Waals surface area (Å²) < 4.78 is 5.02. The highest BCUT2D eigenvalue weighted by Crippen LogP contribution is 2.33. The van der Waals surface area contributed by atoms with Crippen LogP contribution in [0.5, 0.6) is 0 Å². The van der Waals surface area contributed by atoms with Crippen molar-refractivity contribution >= 4 is 17.8 Å². The predicted octanol–water partition coefficient (Wildman–Crippen LogP) is 2.96. The lowest BCUT2D eigenvalue weighted by atomic mass is 10.0. The maximum absolute atomic E-state index is 5.47. The summed E-state index contributed by atoms with van der Waals surface area (Å²) in [6.07, 6.45) is 4.01. The Hall–Kier alpha value is -1.42. The van der Waals surface area contributed by atoms with Crippen LogP contribution in [-0.2, 0) is 6.42 Å². The van der Waals surface area contributed by atoms with Gasteiger partial charge in [0.15, 0.2) is 0 Å². The maximum atomic E-state index is 5.47. The summed E-state index contributed by atoms with van der Waals surface area (Å²) in [5.74, 6) is 1.23. The molecule has 82 valence electrons. The van der Waals surface area contributed by atoms with Gasteiger partial charge in [0.2, 0.25) is 0 Å². The average molecular weight is 232 g/mol. The zero-order chi connectivity index (χ0) is 11.0. The Morgan fingerprint density at radius 3 is 3.12 bits per heavy atom. The first-order valence-corrected chi connectivity index (χ1v) is 6.28. The number of aryl methyl sites for hydroxylation is 1. The minimum Gasteiger partial charge on any atom is -0.432 e. The molecule has 0 bridgehead atoms. The van der Waals surface area contributed by atoms with E-state index in [4.69, 9.17) is 10.2 Å². The SMILES string of the molecule is Nc1nc(-c2ccc3c(c2)CCCS3)co1. The van der Waals surface area contributed by atoms with E-state index in [-0.39, 0.29) is 6.01 Å². The summed E-state index contributed by atoms with van der Waals surface area (Å²) in [4.78, 5) is 5.53. The van der Waals surface area contributed by atoms with E-state index < -0.39 is 0 Å². The van der Waals surface area contributed by atoms with Gasteiger partial charge in [-0.15, -0.1) is 11.8 Å². The number of hydrogen-bond donors (Lipinski definition) is 1. The van der Waals surface area contributed by atoms with Gasteiger partial charge in [0.1, 0.15) is 12.0 Å². The molecule has 3 rings (SSSR count). The molecule has 2 heterocycles. The molecule has 1 aliphatic heterocycles. The van der Waals surface area contributed by atoms with E-state index in [1.54, 1.807) is 6.26 Å². The number of fused-ring (bicyclic) bond motifs is 1. The van der Waals surface area contributed by atoms with E-state index >= 15 is 0 Å². The lowest BCUT2D eigenvalue weighted by Gasteiger charge is -2.15. The zero-order valence-corrected chi connectivity index (χ0v) is 9.59. The molecule has 2 aromatic rings. The lowest BCUT2D eigenvalue weighted by molar-refractivity contribution is 0.581. The molecule has 0 saturated heterocycles. The Morgan fingerprint density at radius 2 is 2.31 bits per heavy atom. The topological polar surface area (TPSA) is 52.0 Å². The van der Waals surface area contributed by atoms with E-state index in [0.29, 0.717) is 0 Å². The molecule has 0 saturated carbocycles. The molecule has 0 atom stereocenters. The molecule has 0 amide bonds.